The van der Waals surface area contributed by atoms with Gasteiger partial charge < -0.3 is 14.7 Å². The summed E-state index contributed by atoms with van der Waals surface area (Å²) in [5.41, 5.74) is 0.756. The topological polar surface area (TPSA) is 139 Å². The number of tetrazole rings is 1. The van der Waals surface area contributed by atoms with E-state index in [4.69, 9.17) is 4.74 Å². The van der Waals surface area contributed by atoms with Gasteiger partial charge in [-0.3, -0.25) is 14.7 Å². The number of aliphatic hydroxyl groups excluding tert-OH is 1. The molecule has 0 aromatic carbocycles. The summed E-state index contributed by atoms with van der Waals surface area (Å²) in [4.78, 5) is 38.0. The van der Waals surface area contributed by atoms with Crippen molar-refractivity contribution in [1.29, 1.82) is 0 Å². The minimum Gasteiger partial charge on any atom is -0.456 e. The number of ether oxygens (including phenoxy) is 1. The van der Waals surface area contributed by atoms with Crippen molar-refractivity contribution in [2.45, 2.75) is 63.3 Å². The van der Waals surface area contributed by atoms with Crippen LogP contribution in [0.2, 0.25) is 0 Å². The van der Waals surface area contributed by atoms with Gasteiger partial charge in [-0.25, -0.2) is 9.78 Å². The fraction of sp³-hybridized carbons (Fsp3) is 0.591. The van der Waals surface area contributed by atoms with Crippen molar-refractivity contribution < 1.29 is 19.4 Å². The first-order valence-electron chi connectivity index (χ1n) is 11.6. The van der Waals surface area contributed by atoms with Crippen LogP contribution in [-0.2, 0) is 14.3 Å². The van der Waals surface area contributed by atoms with Crippen LogP contribution in [-0.4, -0.2) is 88.2 Å². The van der Waals surface area contributed by atoms with Crippen molar-refractivity contribution in [2.24, 2.45) is 5.41 Å². The largest absolute Gasteiger partial charge is 0.456 e. The van der Waals surface area contributed by atoms with Gasteiger partial charge in [-0.05, 0) is 49.5 Å². The molecular weight excluding hydrogens is 440 g/mol. The highest BCUT2D eigenvalue weighted by atomic mass is 16.5. The number of cyclic esters (lactones) is 1. The van der Waals surface area contributed by atoms with Crippen LogP contribution in [0.4, 0.5) is 0 Å². The molecule has 6 rings (SSSR count). The van der Waals surface area contributed by atoms with Crippen LogP contribution in [0, 0.1) is 5.41 Å². The molecule has 1 amide bonds. The van der Waals surface area contributed by atoms with E-state index in [1.165, 1.54) is 23.3 Å². The minimum absolute atomic E-state index is 0.0405. The zero-order valence-electron chi connectivity index (χ0n) is 18.8. The molecule has 3 saturated heterocycles. The maximum absolute atomic E-state index is 13.6. The lowest BCUT2D eigenvalue weighted by Crippen LogP contribution is -2.51. The molecule has 4 atom stereocenters. The van der Waals surface area contributed by atoms with Crippen molar-refractivity contribution in [1.82, 2.24) is 40.0 Å². The number of likely N-dealkylation sites (tertiary alicyclic amines) is 1. The van der Waals surface area contributed by atoms with E-state index >= 15 is 0 Å². The van der Waals surface area contributed by atoms with E-state index in [-0.39, 0.29) is 36.6 Å². The molecule has 1 N–H and O–H groups in total. The lowest BCUT2D eigenvalue weighted by Gasteiger charge is -2.44. The molecule has 34 heavy (non-hydrogen) atoms. The maximum atomic E-state index is 13.6. The maximum Gasteiger partial charge on any atom is 0.333 e. The molecule has 12 nitrogen and oxygen atoms in total. The number of hydrogen-bond donors (Lipinski definition) is 1. The van der Waals surface area contributed by atoms with Gasteiger partial charge in [-0.15, -0.1) is 5.10 Å². The Balaban J connectivity index is 1.15. The Hall–Kier alpha value is -3.25. The van der Waals surface area contributed by atoms with E-state index in [2.05, 4.69) is 30.4 Å². The first kappa shape index (κ1) is 21.3. The molecule has 2 bridgehead atoms. The van der Waals surface area contributed by atoms with Crippen molar-refractivity contribution in [3.63, 3.8) is 0 Å². The Morgan fingerprint density at radius 1 is 1.18 bits per heavy atom. The van der Waals surface area contributed by atoms with Gasteiger partial charge in [0.2, 0.25) is 5.91 Å². The van der Waals surface area contributed by atoms with E-state index in [0.29, 0.717) is 23.8 Å². The average molecular weight is 467 g/mol. The summed E-state index contributed by atoms with van der Waals surface area (Å²) in [5, 5.41) is 21.9. The number of nitrogens with zero attached hydrogens (tertiary/aromatic N) is 8. The molecule has 2 aromatic heterocycles. The molecule has 3 fully saturated rings. The van der Waals surface area contributed by atoms with Gasteiger partial charge in [0, 0.05) is 30.7 Å². The van der Waals surface area contributed by atoms with E-state index in [0.717, 1.165) is 32.1 Å². The molecule has 0 saturated carbocycles. The predicted octanol–water partition coefficient (Wildman–Crippen LogP) is 0.160. The normalized spacial score (nSPS) is 31.9. The van der Waals surface area contributed by atoms with Crippen LogP contribution in [0.3, 0.4) is 0 Å². The number of piperidine rings is 1. The van der Waals surface area contributed by atoms with E-state index in [1.54, 1.807) is 11.1 Å². The summed E-state index contributed by atoms with van der Waals surface area (Å²) in [6.45, 7) is 2.67. The summed E-state index contributed by atoms with van der Waals surface area (Å²) >= 11 is 0. The lowest BCUT2D eigenvalue weighted by atomic mass is 9.72. The van der Waals surface area contributed by atoms with Gasteiger partial charge in [0.15, 0.2) is 5.82 Å². The zero-order chi connectivity index (χ0) is 23.4. The van der Waals surface area contributed by atoms with Crippen molar-refractivity contribution in [2.75, 3.05) is 13.2 Å². The second kappa shape index (κ2) is 7.91. The van der Waals surface area contributed by atoms with E-state index in [1.807, 2.05) is 6.92 Å². The van der Waals surface area contributed by atoms with Crippen LogP contribution in [0.5, 0.6) is 0 Å². The van der Waals surface area contributed by atoms with E-state index < -0.39 is 11.5 Å². The second-order valence-corrected chi connectivity index (χ2v) is 9.81. The molecule has 12 heteroatoms. The summed E-state index contributed by atoms with van der Waals surface area (Å²) in [6.07, 6.45) is 9.51. The number of amides is 1. The Morgan fingerprint density at radius 3 is 2.59 bits per heavy atom. The summed E-state index contributed by atoms with van der Waals surface area (Å²) < 4.78 is 6.46. The second-order valence-electron chi connectivity index (χ2n) is 9.81. The van der Waals surface area contributed by atoms with Crippen LogP contribution in [0.25, 0.3) is 5.82 Å². The van der Waals surface area contributed by atoms with E-state index in [9.17, 15) is 14.7 Å². The minimum atomic E-state index is -0.783. The SMILES string of the molecule is CC1CC2(CC3CCC(C2)N3C[C@H](O)c2cnc(-n3cnnn3)cn2)C(=O)N1C1=CC(=O)OC1. The smallest absolute Gasteiger partial charge is 0.333 e. The Kier molecular flexibility index (Phi) is 4.96. The number of aliphatic hydroxyl groups is 1. The fourth-order valence-electron chi connectivity index (χ4n) is 6.38. The fourth-order valence-corrected chi connectivity index (χ4v) is 6.38. The number of carbonyl (C=O) groups is 2. The molecule has 0 radical (unpaired) electrons. The Bertz CT molecular complexity index is 1120. The molecule has 3 unspecified atom stereocenters. The van der Waals surface area contributed by atoms with Gasteiger partial charge in [0.25, 0.3) is 0 Å². The van der Waals surface area contributed by atoms with Crippen molar-refractivity contribution in [3.8, 4) is 5.82 Å². The quantitative estimate of drug-likeness (QED) is 0.606. The highest BCUT2D eigenvalue weighted by molar-refractivity contribution is 5.91. The third-order valence-electron chi connectivity index (χ3n) is 7.75. The lowest BCUT2D eigenvalue weighted by molar-refractivity contribution is -0.140. The highest BCUT2D eigenvalue weighted by Crippen LogP contribution is 2.53. The molecule has 4 aliphatic rings. The van der Waals surface area contributed by atoms with Crippen molar-refractivity contribution in [3.05, 3.63) is 36.2 Å². The van der Waals surface area contributed by atoms with Gasteiger partial charge in [-0.1, -0.05) is 0 Å². The van der Waals surface area contributed by atoms with Gasteiger partial charge in [0.05, 0.1) is 29.2 Å². The van der Waals surface area contributed by atoms with Crippen LogP contribution < -0.4 is 0 Å². The molecule has 0 aliphatic carbocycles. The molecule has 4 aliphatic heterocycles. The molecule has 6 heterocycles. The van der Waals surface area contributed by atoms with Crippen LogP contribution >= 0.6 is 0 Å². The van der Waals surface area contributed by atoms with Gasteiger partial charge in [-0.2, -0.15) is 4.68 Å². The highest BCUT2D eigenvalue weighted by Gasteiger charge is 2.58. The number of carbonyl (C=O) groups excluding carboxylic acids is 2. The standard InChI is InChI=1S/C22H26N8O4/c1-13-5-22(21(33)30(13)16-4-20(32)34-11-16)6-14-2-3-15(7-22)28(14)10-18(31)17-8-24-19(9-23-17)29-12-25-26-27-29/h4,8-9,12-15,18,31H,2-3,5-7,10-11H2,1H3/t13?,14?,15?,18-,22?/m0/s1. The molecule has 2 aromatic rings. The summed E-state index contributed by atoms with van der Waals surface area (Å²) in [6, 6.07) is 0.501. The third-order valence-corrected chi connectivity index (χ3v) is 7.75. The molecular formula is C22H26N8O4. The number of aromatic nitrogens is 6. The first-order chi connectivity index (χ1) is 16.4. The summed E-state index contributed by atoms with van der Waals surface area (Å²) in [7, 11) is 0. The van der Waals surface area contributed by atoms with Gasteiger partial charge in [0.1, 0.15) is 19.0 Å². The number of esters is 1. The molecule has 1 spiro atoms. The average Bonchev–Trinajstić information content (AvgIpc) is 3.59. The van der Waals surface area contributed by atoms with Crippen LogP contribution in [0.1, 0.15) is 50.8 Å². The first-order valence-corrected chi connectivity index (χ1v) is 11.6. The monoisotopic (exact) mass is 466 g/mol. The van der Waals surface area contributed by atoms with Crippen molar-refractivity contribution >= 4 is 11.9 Å². The molecule has 178 valence electrons. The number of fused-ring (bicyclic) bond motifs is 2. The van der Waals surface area contributed by atoms with Gasteiger partial charge >= 0.3 is 5.97 Å². The Morgan fingerprint density at radius 2 is 1.97 bits per heavy atom. The van der Waals surface area contributed by atoms with Crippen LogP contribution in [0.15, 0.2) is 30.5 Å². The number of rotatable bonds is 5. The number of hydrogen-bond acceptors (Lipinski definition) is 10. The predicted molar refractivity (Wildman–Crippen MR) is 115 cm³/mol. The zero-order valence-corrected chi connectivity index (χ0v) is 18.8. The Labute approximate surface area is 195 Å². The third kappa shape index (κ3) is 3.40. The summed E-state index contributed by atoms with van der Waals surface area (Å²) in [5.74, 6) is 0.212.